The largest absolute Gasteiger partial charge is 0.342 e. The molecule has 3 atom stereocenters. The van der Waals surface area contributed by atoms with Crippen molar-refractivity contribution in [1.82, 2.24) is 10.2 Å². The van der Waals surface area contributed by atoms with Gasteiger partial charge in [0.15, 0.2) is 0 Å². The zero-order chi connectivity index (χ0) is 14.7. The summed E-state index contributed by atoms with van der Waals surface area (Å²) in [4.78, 5) is 15.0. The number of hydrogen-bond acceptors (Lipinski definition) is 2. The Labute approximate surface area is 142 Å². The van der Waals surface area contributed by atoms with Gasteiger partial charge in [-0.25, -0.2) is 0 Å². The van der Waals surface area contributed by atoms with Gasteiger partial charge in [-0.05, 0) is 63.5 Å². The van der Waals surface area contributed by atoms with Gasteiger partial charge in [-0.15, -0.1) is 12.4 Å². The number of carbonyl (C=O) groups excluding carboxylic acids is 1. The van der Waals surface area contributed by atoms with E-state index in [2.05, 4.69) is 10.2 Å². The van der Waals surface area contributed by atoms with Crippen LogP contribution in [0.1, 0.15) is 57.8 Å². The molecule has 1 aliphatic heterocycles. The summed E-state index contributed by atoms with van der Waals surface area (Å²) in [6.07, 6.45) is 11.7. The van der Waals surface area contributed by atoms with Crippen LogP contribution in [0.2, 0.25) is 0 Å². The summed E-state index contributed by atoms with van der Waals surface area (Å²) in [7, 11) is 2.03. The lowest BCUT2D eigenvalue weighted by Gasteiger charge is -2.41. The quantitative estimate of drug-likeness (QED) is 0.860. The molecule has 3 unspecified atom stereocenters. The third kappa shape index (κ3) is 4.17. The van der Waals surface area contributed by atoms with Crippen LogP contribution in [0.4, 0.5) is 0 Å². The lowest BCUT2D eigenvalue weighted by atomic mass is 9.67. The van der Waals surface area contributed by atoms with Crippen molar-refractivity contribution >= 4 is 18.3 Å². The van der Waals surface area contributed by atoms with Crippen molar-refractivity contribution in [3.05, 3.63) is 0 Å². The molecule has 3 fully saturated rings. The Morgan fingerprint density at radius 3 is 2.36 bits per heavy atom. The zero-order valence-corrected chi connectivity index (χ0v) is 14.9. The van der Waals surface area contributed by atoms with Gasteiger partial charge in [-0.1, -0.05) is 25.7 Å². The van der Waals surface area contributed by atoms with E-state index in [1.807, 2.05) is 7.05 Å². The molecule has 4 heteroatoms. The van der Waals surface area contributed by atoms with Crippen LogP contribution in [-0.4, -0.2) is 37.5 Å². The van der Waals surface area contributed by atoms with Gasteiger partial charge in [0.1, 0.15) is 0 Å². The first-order chi connectivity index (χ1) is 10.3. The van der Waals surface area contributed by atoms with Crippen molar-refractivity contribution in [1.29, 1.82) is 0 Å². The molecule has 1 saturated heterocycles. The maximum atomic E-state index is 12.8. The molecule has 22 heavy (non-hydrogen) atoms. The monoisotopic (exact) mass is 328 g/mol. The van der Waals surface area contributed by atoms with E-state index in [0.717, 1.165) is 43.8 Å². The Balaban J connectivity index is 0.00000176. The number of nitrogens with zero attached hydrogens (tertiary/aromatic N) is 1. The molecule has 0 aromatic rings. The highest BCUT2D eigenvalue weighted by molar-refractivity contribution is 5.85. The number of nitrogens with one attached hydrogen (secondary N) is 1. The van der Waals surface area contributed by atoms with Crippen LogP contribution < -0.4 is 5.32 Å². The third-order valence-corrected chi connectivity index (χ3v) is 6.31. The molecule has 1 N–H and O–H groups in total. The number of halogens is 1. The van der Waals surface area contributed by atoms with E-state index in [1.54, 1.807) is 0 Å². The van der Waals surface area contributed by atoms with Gasteiger partial charge < -0.3 is 10.2 Å². The van der Waals surface area contributed by atoms with Crippen molar-refractivity contribution in [3.8, 4) is 0 Å². The Kier molecular flexibility index (Phi) is 7.01. The Morgan fingerprint density at radius 2 is 1.68 bits per heavy atom. The van der Waals surface area contributed by atoms with Crippen molar-refractivity contribution in [2.24, 2.45) is 23.7 Å². The van der Waals surface area contributed by atoms with Gasteiger partial charge in [0, 0.05) is 19.0 Å². The van der Waals surface area contributed by atoms with E-state index in [-0.39, 0.29) is 12.4 Å². The van der Waals surface area contributed by atoms with E-state index in [1.165, 1.54) is 51.4 Å². The number of likely N-dealkylation sites (tertiary alicyclic amines) is 1. The lowest BCUT2D eigenvalue weighted by molar-refractivity contribution is -0.139. The van der Waals surface area contributed by atoms with Crippen molar-refractivity contribution in [3.63, 3.8) is 0 Å². The molecule has 0 radical (unpaired) electrons. The molecule has 1 heterocycles. The van der Waals surface area contributed by atoms with E-state index >= 15 is 0 Å². The van der Waals surface area contributed by atoms with Crippen LogP contribution >= 0.6 is 12.4 Å². The van der Waals surface area contributed by atoms with E-state index in [4.69, 9.17) is 0 Å². The van der Waals surface area contributed by atoms with Crippen molar-refractivity contribution in [2.45, 2.75) is 57.8 Å². The molecular formula is C18H33ClN2O. The summed E-state index contributed by atoms with van der Waals surface area (Å²) in [5.74, 6) is 3.42. The summed E-state index contributed by atoms with van der Waals surface area (Å²) in [5, 5.41) is 3.27. The highest BCUT2D eigenvalue weighted by Crippen LogP contribution is 2.43. The summed E-state index contributed by atoms with van der Waals surface area (Å²) < 4.78 is 0. The minimum absolute atomic E-state index is 0. The van der Waals surface area contributed by atoms with Crippen molar-refractivity contribution < 1.29 is 4.79 Å². The van der Waals surface area contributed by atoms with E-state index in [9.17, 15) is 4.79 Å². The van der Waals surface area contributed by atoms with Crippen LogP contribution in [-0.2, 0) is 4.79 Å². The number of rotatable bonds is 3. The summed E-state index contributed by atoms with van der Waals surface area (Å²) in [6, 6.07) is 0. The molecule has 3 aliphatic rings. The molecule has 0 aromatic carbocycles. The minimum atomic E-state index is 0. The van der Waals surface area contributed by atoms with E-state index in [0.29, 0.717) is 11.8 Å². The number of amides is 1. The predicted octanol–water partition coefficient (Wildman–Crippen LogP) is 3.47. The van der Waals surface area contributed by atoms with E-state index < -0.39 is 0 Å². The number of carbonyl (C=O) groups is 1. The summed E-state index contributed by atoms with van der Waals surface area (Å²) in [6.45, 7) is 3.10. The highest BCUT2D eigenvalue weighted by atomic mass is 35.5. The van der Waals surface area contributed by atoms with Crippen LogP contribution in [0.5, 0.6) is 0 Å². The van der Waals surface area contributed by atoms with Gasteiger partial charge in [0.25, 0.3) is 0 Å². The average Bonchev–Trinajstić information content (AvgIpc) is 2.55. The standard InChI is InChI=1S/C18H32N2O.ClH/c1-19-13-14-8-10-20(11-9-14)18(21)17-7-6-15-4-2-3-5-16(15)12-17;/h14-17,19H,2-13H2,1H3;1H. The van der Waals surface area contributed by atoms with Crippen LogP contribution in [0.25, 0.3) is 0 Å². The van der Waals surface area contributed by atoms with Gasteiger partial charge in [0.2, 0.25) is 5.91 Å². The molecule has 2 saturated carbocycles. The lowest BCUT2D eigenvalue weighted by Crippen LogP contribution is -2.45. The molecule has 0 spiro atoms. The second kappa shape index (κ2) is 8.54. The maximum absolute atomic E-state index is 12.8. The second-order valence-electron chi connectivity index (χ2n) is 7.64. The number of fused-ring (bicyclic) bond motifs is 1. The first-order valence-electron chi connectivity index (χ1n) is 9.21. The van der Waals surface area contributed by atoms with Crippen LogP contribution in [0, 0.1) is 23.7 Å². The second-order valence-corrected chi connectivity index (χ2v) is 7.64. The Bertz CT molecular complexity index is 355. The van der Waals surface area contributed by atoms with Crippen molar-refractivity contribution in [2.75, 3.05) is 26.7 Å². The van der Waals surface area contributed by atoms with Crippen LogP contribution in [0.3, 0.4) is 0 Å². The summed E-state index contributed by atoms with van der Waals surface area (Å²) in [5.41, 5.74) is 0. The van der Waals surface area contributed by atoms with Gasteiger partial charge >= 0.3 is 0 Å². The Morgan fingerprint density at radius 1 is 1.00 bits per heavy atom. The summed E-state index contributed by atoms with van der Waals surface area (Å²) >= 11 is 0. The Hall–Kier alpha value is -0.280. The molecule has 0 aromatic heterocycles. The predicted molar refractivity (Wildman–Crippen MR) is 93.3 cm³/mol. The zero-order valence-electron chi connectivity index (χ0n) is 14.1. The first kappa shape index (κ1) is 18.1. The molecule has 2 aliphatic carbocycles. The molecule has 3 nitrogen and oxygen atoms in total. The smallest absolute Gasteiger partial charge is 0.225 e. The number of piperidine rings is 1. The fourth-order valence-electron chi connectivity index (χ4n) is 5.00. The number of hydrogen-bond donors (Lipinski definition) is 1. The SMILES string of the molecule is CNCC1CCN(C(=O)C2CCC3CCCCC3C2)CC1.Cl. The fourth-order valence-corrected chi connectivity index (χ4v) is 5.00. The van der Waals surface area contributed by atoms with Gasteiger partial charge in [-0.3, -0.25) is 4.79 Å². The topological polar surface area (TPSA) is 32.3 Å². The van der Waals surface area contributed by atoms with Gasteiger partial charge in [-0.2, -0.15) is 0 Å². The van der Waals surface area contributed by atoms with Gasteiger partial charge in [0.05, 0.1) is 0 Å². The molecule has 1 amide bonds. The van der Waals surface area contributed by atoms with Crippen LogP contribution in [0.15, 0.2) is 0 Å². The molecule has 0 bridgehead atoms. The molecule has 128 valence electrons. The molecule has 3 rings (SSSR count). The molecular weight excluding hydrogens is 296 g/mol. The highest BCUT2D eigenvalue weighted by Gasteiger charge is 2.37. The minimum Gasteiger partial charge on any atom is -0.342 e. The average molecular weight is 329 g/mol. The maximum Gasteiger partial charge on any atom is 0.225 e. The first-order valence-corrected chi connectivity index (χ1v) is 9.21. The normalized spacial score (nSPS) is 33.0. The third-order valence-electron chi connectivity index (χ3n) is 6.31. The fraction of sp³-hybridized carbons (Fsp3) is 0.944.